The Labute approximate surface area is 96.1 Å². The number of hydrogen-bond donors (Lipinski definition) is 2. The molecule has 0 radical (unpaired) electrons. The third-order valence-corrected chi connectivity index (χ3v) is 3.10. The SMILES string of the molecule is CCCC(N)c1c(C)c(Cl)cc(C)c1O. The lowest BCUT2D eigenvalue weighted by atomic mass is 9.95. The van der Waals surface area contributed by atoms with E-state index < -0.39 is 0 Å². The third kappa shape index (κ3) is 2.44. The fraction of sp³-hybridized carbons (Fsp3) is 0.500. The van der Waals surface area contributed by atoms with Gasteiger partial charge in [0.25, 0.3) is 0 Å². The maximum Gasteiger partial charge on any atom is 0.123 e. The van der Waals surface area contributed by atoms with E-state index in [0.717, 1.165) is 29.5 Å². The summed E-state index contributed by atoms with van der Waals surface area (Å²) in [6.07, 6.45) is 1.85. The Hall–Kier alpha value is -0.730. The molecule has 2 nitrogen and oxygen atoms in total. The van der Waals surface area contributed by atoms with E-state index in [-0.39, 0.29) is 11.8 Å². The van der Waals surface area contributed by atoms with Crippen LogP contribution in [0.25, 0.3) is 0 Å². The van der Waals surface area contributed by atoms with Gasteiger partial charge in [0.15, 0.2) is 0 Å². The Morgan fingerprint density at radius 1 is 1.47 bits per heavy atom. The van der Waals surface area contributed by atoms with Crippen molar-refractivity contribution in [2.45, 2.75) is 39.7 Å². The van der Waals surface area contributed by atoms with E-state index in [2.05, 4.69) is 6.92 Å². The van der Waals surface area contributed by atoms with Gasteiger partial charge < -0.3 is 10.8 Å². The summed E-state index contributed by atoms with van der Waals surface area (Å²) in [5, 5.41) is 10.6. The van der Waals surface area contributed by atoms with Gasteiger partial charge >= 0.3 is 0 Å². The molecule has 3 N–H and O–H groups in total. The van der Waals surface area contributed by atoms with Crippen LogP contribution in [-0.4, -0.2) is 5.11 Å². The van der Waals surface area contributed by atoms with Crippen LogP contribution >= 0.6 is 11.6 Å². The molecular formula is C12H18ClNO. The van der Waals surface area contributed by atoms with Crippen molar-refractivity contribution >= 4 is 11.6 Å². The third-order valence-electron chi connectivity index (χ3n) is 2.70. The molecule has 0 fully saturated rings. The van der Waals surface area contributed by atoms with Crippen LogP contribution in [0.1, 0.15) is 42.5 Å². The number of phenolic OH excluding ortho intramolecular Hbond substituents is 1. The average Bonchev–Trinajstić information content (AvgIpc) is 2.16. The quantitative estimate of drug-likeness (QED) is 0.831. The first-order chi connectivity index (χ1) is 6.99. The van der Waals surface area contributed by atoms with Gasteiger partial charge in [0.2, 0.25) is 0 Å². The highest BCUT2D eigenvalue weighted by molar-refractivity contribution is 6.31. The number of phenols is 1. The number of rotatable bonds is 3. The molecule has 1 unspecified atom stereocenters. The lowest BCUT2D eigenvalue weighted by Crippen LogP contribution is -2.12. The van der Waals surface area contributed by atoms with Crippen LogP contribution < -0.4 is 5.73 Å². The monoisotopic (exact) mass is 227 g/mol. The maximum atomic E-state index is 9.96. The first-order valence-corrected chi connectivity index (χ1v) is 5.61. The summed E-state index contributed by atoms with van der Waals surface area (Å²) in [6, 6.07) is 1.64. The molecule has 15 heavy (non-hydrogen) atoms. The highest BCUT2D eigenvalue weighted by Gasteiger charge is 2.17. The highest BCUT2D eigenvalue weighted by atomic mass is 35.5. The van der Waals surface area contributed by atoms with Gasteiger partial charge in [-0.05, 0) is 37.5 Å². The second kappa shape index (κ2) is 4.86. The molecule has 0 saturated carbocycles. The molecule has 1 aromatic carbocycles. The first kappa shape index (κ1) is 12.3. The number of halogens is 1. The van der Waals surface area contributed by atoms with Gasteiger partial charge in [-0.2, -0.15) is 0 Å². The van der Waals surface area contributed by atoms with Gasteiger partial charge in [0.1, 0.15) is 5.75 Å². The van der Waals surface area contributed by atoms with Crippen LogP contribution in [0.4, 0.5) is 0 Å². The summed E-state index contributed by atoms with van der Waals surface area (Å²) in [5.74, 6) is 0.290. The Bertz CT molecular complexity index is 337. The van der Waals surface area contributed by atoms with Crippen LogP contribution in [0, 0.1) is 13.8 Å². The molecule has 0 aliphatic carbocycles. The van der Waals surface area contributed by atoms with Gasteiger partial charge in [0, 0.05) is 16.6 Å². The molecule has 1 atom stereocenters. The van der Waals surface area contributed by atoms with Gasteiger partial charge in [0.05, 0.1) is 0 Å². The van der Waals surface area contributed by atoms with Gasteiger partial charge in [-0.25, -0.2) is 0 Å². The molecule has 0 heterocycles. The molecular weight excluding hydrogens is 210 g/mol. The molecule has 3 heteroatoms. The zero-order valence-electron chi connectivity index (χ0n) is 9.47. The van der Waals surface area contributed by atoms with Crippen molar-refractivity contribution in [1.29, 1.82) is 0 Å². The summed E-state index contributed by atoms with van der Waals surface area (Å²) in [6.45, 7) is 5.80. The normalized spacial score (nSPS) is 12.9. The highest BCUT2D eigenvalue weighted by Crippen LogP contribution is 2.35. The van der Waals surface area contributed by atoms with Crippen molar-refractivity contribution < 1.29 is 5.11 Å². The smallest absolute Gasteiger partial charge is 0.123 e. The lowest BCUT2D eigenvalue weighted by Gasteiger charge is -2.18. The Balaban J connectivity index is 3.26. The van der Waals surface area contributed by atoms with Crippen LogP contribution in [0.15, 0.2) is 6.07 Å². The topological polar surface area (TPSA) is 46.2 Å². The van der Waals surface area contributed by atoms with Crippen molar-refractivity contribution in [1.82, 2.24) is 0 Å². The van der Waals surface area contributed by atoms with Gasteiger partial charge in [-0.15, -0.1) is 0 Å². The number of hydrogen-bond acceptors (Lipinski definition) is 2. The molecule has 0 saturated heterocycles. The van der Waals surface area contributed by atoms with E-state index >= 15 is 0 Å². The summed E-state index contributed by atoms with van der Waals surface area (Å²) in [7, 11) is 0. The van der Waals surface area contributed by atoms with Crippen LogP contribution in [0.5, 0.6) is 5.75 Å². The second-order valence-corrected chi connectivity index (χ2v) is 4.36. The van der Waals surface area contributed by atoms with Crippen molar-refractivity contribution in [3.63, 3.8) is 0 Å². The number of aromatic hydroxyl groups is 1. The number of aryl methyl sites for hydroxylation is 1. The van der Waals surface area contributed by atoms with Crippen LogP contribution in [0.2, 0.25) is 5.02 Å². The van der Waals surface area contributed by atoms with E-state index in [0.29, 0.717) is 5.02 Å². The summed E-state index contributed by atoms with van der Waals surface area (Å²) < 4.78 is 0. The first-order valence-electron chi connectivity index (χ1n) is 5.23. The van der Waals surface area contributed by atoms with Crippen LogP contribution in [0.3, 0.4) is 0 Å². The molecule has 1 rings (SSSR count). The summed E-state index contributed by atoms with van der Waals surface area (Å²) in [5.41, 5.74) is 8.49. The van der Waals surface area contributed by atoms with E-state index in [4.69, 9.17) is 17.3 Å². The fourth-order valence-electron chi connectivity index (χ4n) is 1.79. The van der Waals surface area contributed by atoms with E-state index in [1.807, 2.05) is 13.8 Å². The van der Waals surface area contributed by atoms with Crippen LogP contribution in [-0.2, 0) is 0 Å². The molecule has 0 bridgehead atoms. The maximum absolute atomic E-state index is 9.96. The zero-order valence-corrected chi connectivity index (χ0v) is 10.2. The molecule has 0 spiro atoms. The zero-order chi connectivity index (χ0) is 11.6. The Morgan fingerprint density at radius 2 is 2.07 bits per heavy atom. The lowest BCUT2D eigenvalue weighted by molar-refractivity contribution is 0.453. The molecule has 1 aromatic rings. The number of benzene rings is 1. The number of nitrogens with two attached hydrogens (primary N) is 1. The van der Waals surface area contributed by atoms with Gasteiger partial charge in [-0.1, -0.05) is 24.9 Å². The predicted molar refractivity (Wildman–Crippen MR) is 64.4 cm³/mol. The van der Waals surface area contributed by atoms with Crippen molar-refractivity contribution in [2.75, 3.05) is 0 Å². The Morgan fingerprint density at radius 3 is 2.60 bits per heavy atom. The Kier molecular flexibility index (Phi) is 4.00. The minimum absolute atomic E-state index is 0.132. The summed E-state index contributed by atoms with van der Waals surface area (Å²) in [4.78, 5) is 0. The fourth-order valence-corrected chi connectivity index (χ4v) is 2.06. The van der Waals surface area contributed by atoms with E-state index in [1.165, 1.54) is 0 Å². The molecule has 0 aliphatic rings. The van der Waals surface area contributed by atoms with Crippen molar-refractivity contribution in [2.24, 2.45) is 5.73 Å². The largest absolute Gasteiger partial charge is 0.507 e. The molecule has 0 amide bonds. The summed E-state index contributed by atoms with van der Waals surface area (Å²) >= 11 is 6.07. The minimum Gasteiger partial charge on any atom is -0.507 e. The molecule has 0 aliphatic heterocycles. The average molecular weight is 228 g/mol. The standard InChI is InChI=1S/C12H18ClNO/c1-4-5-10(14)11-8(3)9(13)6-7(2)12(11)15/h6,10,15H,4-5,14H2,1-3H3. The van der Waals surface area contributed by atoms with Gasteiger partial charge in [-0.3, -0.25) is 0 Å². The van der Waals surface area contributed by atoms with E-state index in [9.17, 15) is 5.11 Å². The van der Waals surface area contributed by atoms with Crippen molar-refractivity contribution in [3.05, 3.63) is 27.8 Å². The molecule has 84 valence electrons. The van der Waals surface area contributed by atoms with Crippen molar-refractivity contribution in [3.8, 4) is 5.75 Å². The predicted octanol–water partition coefficient (Wildman–Crippen LogP) is 3.46. The second-order valence-electron chi connectivity index (χ2n) is 3.96. The minimum atomic E-state index is -0.132. The molecule has 0 aromatic heterocycles. The van der Waals surface area contributed by atoms with E-state index in [1.54, 1.807) is 6.07 Å².